The fourth-order valence-electron chi connectivity index (χ4n) is 7.47. The van der Waals surface area contributed by atoms with Gasteiger partial charge in [0.1, 0.15) is 11.2 Å². The summed E-state index contributed by atoms with van der Waals surface area (Å²) < 4.78 is 9.12. The minimum Gasteiger partial charge on any atom is -0.455 e. The number of hydrogen-bond acceptors (Lipinski definition) is 2. The minimum atomic E-state index is 0.263. The van der Waals surface area contributed by atoms with Gasteiger partial charge in [0.2, 0.25) is 0 Å². The van der Waals surface area contributed by atoms with Crippen LogP contribution in [0.4, 0.5) is 0 Å². The maximum atomic E-state index is 6.45. The first-order valence-corrected chi connectivity index (χ1v) is 18.0. The molecule has 242 valence electrons. The van der Waals surface area contributed by atoms with Gasteiger partial charge < -0.3 is 4.42 Å². The van der Waals surface area contributed by atoms with Gasteiger partial charge in [-0.05, 0) is 93.8 Å². The Morgan fingerprint density at radius 3 is 2.20 bits per heavy atom. The highest BCUT2D eigenvalue weighted by molar-refractivity contribution is 7.17. The quantitative estimate of drug-likeness (QED) is 0.162. The molecule has 0 N–H and O–H groups in total. The molecule has 0 amide bonds. The lowest BCUT2D eigenvalue weighted by Gasteiger charge is -2.16. The zero-order valence-corrected chi connectivity index (χ0v) is 29.3. The van der Waals surface area contributed by atoms with E-state index in [1.54, 1.807) is 6.08 Å². The molecule has 1 atom stereocenters. The molecule has 0 radical (unpaired) electrons. The van der Waals surface area contributed by atoms with E-state index >= 15 is 0 Å². The van der Waals surface area contributed by atoms with Crippen LogP contribution < -0.4 is 9.75 Å². The van der Waals surface area contributed by atoms with E-state index in [9.17, 15) is 0 Å². The SMILES string of the molecule is C=C/C=C\C(=C)c1ccccccc(/C(C)=C/C(=C\C)C2C=c3c(sc4ccc5c(ccc6c7ccccc7oc65)c34)=CC2)c2ccccc12. The predicted molar refractivity (Wildman–Crippen MR) is 220 cm³/mol. The Morgan fingerprint density at radius 2 is 1.42 bits per heavy atom. The highest BCUT2D eigenvalue weighted by Crippen LogP contribution is 2.37. The Balaban J connectivity index is 1.27. The number of rotatable bonds is 6. The van der Waals surface area contributed by atoms with Crippen molar-refractivity contribution in [3.8, 4) is 0 Å². The number of fused-ring (bicyclic) bond motifs is 10. The summed E-state index contributed by atoms with van der Waals surface area (Å²) in [5.41, 5.74) is 7.67. The third-order valence-corrected chi connectivity index (χ3v) is 11.1. The Labute approximate surface area is 296 Å². The summed E-state index contributed by atoms with van der Waals surface area (Å²) in [5.74, 6) is 0.263. The van der Waals surface area contributed by atoms with Crippen molar-refractivity contribution in [2.45, 2.75) is 20.3 Å². The molecule has 1 nitrogen and oxygen atoms in total. The number of allylic oxidation sites excluding steroid dienone is 8. The second kappa shape index (κ2) is 13.3. The number of benzene rings is 4. The van der Waals surface area contributed by atoms with E-state index in [2.05, 4.69) is 154 Å². The number of para-hydroxylation sites is 1. The fourth-order valence-corrected chi connectivity index (χ4v) is 8.63. The van der Waals surface area contributed by atoms with E-state index in [4.69, 9.17) is 4.42 Å². The van der Waals surface area contributed by atoms with Crippen molar-refractivity contribution in [2.75, 3.05) is 0 Å². The van der Waals surface area contributed by atoms with Crippen molar-refractivity contribution in [1.82, 2.24) is 0 Å². The van der Waals surface area contributed by atoms with E-state index in [1.807, 2.05) is 29.6 Å². The van der Waals surface area contributed by atoms with Crippen LogP contribution in [0, 0.1) is 5.92 Å². The zero-order valence-electron chi connectivity index (χ0n) is 28.4. The number of hydrogen-bond donors (Lipinski definition) is 0. The molecule has 0 fully saturated rings. The van der Waals surface area contributed by atoms with Crippen LogP contribution in [-0.2, 0) is 0 Å². The number of furan rings is 1. The van der Waals surface area contributed by atoms with Gasteiger partial charge in [-0.1, -0.05) is 141 Å². The van der Waals surface area contributed by atoms with Gasteiger partial charge >= 0.3 is 0 Å². The van der Waals surface area contributed by atoms with E-state index < -0.39 is 0 Å². The lowest BCUT2D eigenvalue weighted by molar-refractivity contribution is 0.672. The molecular weight excluding hydrogens is 625 g/mol. The predicted octanol–water partition coefficient (Wildman–Crippen LogP) is 12.6. The van der Waals surface area contributed by atoms with Crippen LogP contribution in [0.5, 0.6) is 0 Å². The van der Waals surface area contributed by atoms with Gasteiger partial charge in [0.25, 0.3) is 0 Å². The molecule has 7 aromatic rings. The van der Waals surface area contributed by atoms with Crippen molar-refractivity contribution in [3.05, 3.63) is 179 Å². The molecule has 2 aromatic heterocycles. The van der Waals surface area contributed by atoms with Crippen LogP contribution in [0.3, 0.4) is 0 Å². The molecular formula is C48H38OS. The summed E-state index contributed by atoms with van der Waals surface area (Å²) in [6.45, 7) is 12.7. The van der Waals surface area contributed by atoms with Crippen LogP contribution in [0.2, 0.25) is 0 Å². The highest BCUT2D eigenvalue weighted by Gasteiger charge is 2.18. The van der Waals surface area contributed by atoms with E-state index in [0.717, 1.165) is 34.1 Å². The molecule has 2 heterocycles. The van der Waals surface area contributed by atoms with Crippen molar-refractivity contribution in [2.24, 2.45) is 5.92 Å². The average Bonchev–Trinajstić information content (AvgIpc) is 3.72. The highest BCUT2D eigenvalue weighted by atomic mass is 32.1. The normalized spacial score (nSPS) is 15.0. The monoisotopic (exact) mass is 662 g/mol. The smallest absolute Gasteiger partial charge is 0.143 e. The maximum absolute atomic E-state index is 6.45. The topological polar surface area (TPSA) is 13.1 Å². The third kappa shape index (κ3) is 5.52. The largest absolute Gasteiger partial charge is 0.455 e. The van der Waals surface area contributed by atoms with Crippen molar-refractivity contribution >= 4 is 88.2 Å². The molecule has 5 aromatic carbocycles. The molecule has 8 rings (SSSR count). The summed E-state index contributed by atoms with van der Waals surface area (Å²) in [6.07, 6.45) is 16.3. The molecule has 1 aliphatic carbocycles. The summed E-state index contributed by atoms with van der Waals surface area (Å²) in [4.78, 5) is 0. The Morgan fingerprint density at radius 1 is 0.760 bits per heavy atom. The zero-order chi connectivity index (χ0) is 34.2. The molecule has 50 heavy (non-hydrogen) atoms. The van der Waals surface area contributed by atoms with Crippen LogP contribution >= 0.6 is 11.3 Å². The Kier molecular flexibility index (Phi) is 8.40. The van der Waals surface area contributed by atoms with E-state index in [-0.39, 0.29) is 5.92 Å². The lowest BCUT2D eigenvalue weighted by atomic mass is 9.88. The first-order chi connectivity index (χ1) is 24.6. The first-order valence-electron chi connectivity index (χ1n) is 17.2. The molecule has 0 bridgehead atoms. The average molecular weight is 663 g/mol. The molecule has 2 heteroatoms. The van der Waals surface area contributed by atoms with Gasteiger partial charge in [-0.15, -0.1) is 11.3 Å². The second-order valence-electron chi connectivity index (χ2n) is 12.9. The van der Waals surface area contributed by atoms with Gasteiger partial charge in [-0.3, -0.25) is 0 Å². The van der Waals surface area contributed by atoms with Crippen LogP contribution in [-0.4, -0.2) is 0 Å². The van der Waals surface area contributed by atoms with Crippen molar-refractivity contribution < 1.29 is 4.42 Å². The molecule has 0 aliphatic heterocycles. The van der Waals surface area contributed by atoms with Crippen molar-refractivity contribution in [3.63, 3.8) is 0 Å². The van der Waals surface area contributed by atoms with Gasteiger partial charge in [-0.25, -0.2) is 0 Å². The first kappa shape index (κ1) is 31.6. The van der Waals surface area contributed by atoms with Gasteiger partial charge in [0.15, 0.2) is 0 Å². The van der Waals surface area contributed by atoms with E-state index in [0.29, 0.717) is 0 Å². The molecule has 1 aliphatic rings. The summed E-state index contributed by atoms with van der Waals surface area (Å²) in [7, 11) is 0. The van der Waals surface area contributed by atoms with Crippen LogP contribution in [0.25, 0.3) is 76.9 Å². The summed E-state index contributed by atoms with van der Waals surface area (Å²) >= 11 is 1.89. The molecule has 1 unspecified atom stereocenters. The van der Waals surface area contributed by atoms with E-state index in [1.165, 1.54) is 63.5 Å². The molecule has 0 saturated heterocycles. The maximum Gasteiger partial charge on any atom is 0.143 e. The Hall–Kier alpha value is -5.70. The second-order valence-corrected chi connectivity index (χ2v) is 14.0. The van der Waals surface area contributed by atoms with Crippen molar-refractivity contribution in [1.29, 1.82) is 0 Å². The number of thiophene rings is 1. The summed E-state index contributed by atoms with van der Waals surface area (Å²) in [5, 5.41) is 9.77. The van der Waals surface area contributed by atoms with Crippen LogP contribution in [0.1, 0.15) is 31.4 Å². The molecule has 0 saturated carbocycles. The van der Waals surface area contributed by atoms with Gasteiger partial charge in [0, 0.05) is 36.7 Å². The van der Waals surface area contributed by atoms with Gasteiger partial charge in [0.05, 0.1) is 0 Å². The van der Waals surface area contributed by atoms with Crippen LogP contribution in [0.15, 0.2) is 163 Å². The Bertz CT molecular complexity index is 2790. The third-order valence-electron chi connectivity index (χ3n) is 9.90. The minimum absolute atomic E-state index is 0.263. The lowest BCUT2D eigenvalue weighted by Crippen LogP contribution is -2.25. The fraction of sp³-hybridized carbons (Fsp3) is 0.0833. The van der Waals surface area contributed by atoms with Gasteiger partial charge in [-0.2, -0.15) is 0 Å². The molecule has 0 spiro atoms. The standard InChI is InChI=1S/C48H38OS/c1-5-7-16-31(3)35-17-10-8-9-11-18-36(38-20-13-12-19-37(35)38)32(4)29-33(6-2)34-23-27-45-43(30-34)47-40-24-25-41-39-21-14-15-22-44(39)49-48(41)42(40)26-28-46(47)50-45/h5-22,24-30,34H,1,3,23H2,2,4H3/b9-8?,10-8?,11-9?,16-7-,17-10?,18-11?,32-29+,33-6+,35-17?,36-18?,37-35?,38-36?. The summed E-state index contributed by atoms with van der Waals surface area (Å²) in [6, 6.07) is 38.8.